The molecule has 0 bridgehead atoms. The minimum absolute atomic E-state index is 0.0501. The summed E-state index contributed by atoms with van der Waals surface area (Å²) in [6.07, 6.45) is 0. The van der Waals surface area contributed by atoms with Gasteiger partial charge < -0.3 is 16.4 Å². The van der Waals surface area contributed by atoms with E-state index in [0.717, 1.165) is 12.1 Å². The van der Waals surface area contributed by atoms with Crippen molar-refractivity contribution in [2.24, 2.45) is 5.73 Å². The molecule has 0 heterocycles. The Balaban J connectivity index is 2.38. The molecule has 0 atom stereocenters. The Morgan fingerprint density at radius 3 is 2.44 bits per heavy atom. The molecule has 1 aromatic carbocycles. The SMILES string of the molecule is NCC(=O)NCC(=O)NCc1ccc(F)c(F)c1. The van der Waals surface area contributed by atoms with Crippen LogP contribution >= 0.6 is 0 Å². The summed E-state index contributed by atoms with van der Waals surface area (Å²) >= 11 is 0. The van der Waals surface area contributed by atoms with Gasteiger partial charge >= 0.3 is 0 Å². The van der Waals surface area contributed by atoms with E-state index in [1.165, 1.54) is 6.07 Å². The molecule has 98 valence electrons. The van der Waals surface area contributed by atoms with Crippen LogP contribution in [-0.4, -0.2) is 24.9 Å². The minimum Gasteiger partial charge on any atom is -0.350 e. The van der Waals surface area contributed by atoms with Crippen LogP contribution in [0.25, 0.3) is 0 Å². The van der Waals surface area contributed by atoms with Crippen LogP contribution < -0.4 is 16.4 Å². The van der Waals surface area contributed by atoms with Crippen molar-refractivity contribution >= 4 is 11.8 Å². The zero-order chi connectivity index (χ0) is 13.5. The molecule has 0 aliphatic rings. The van der Waals surface area contributed by atoms with Crippen molar-refractivity contribution in [2.45, 2.75) is 6.54 Å². The summed E-state index contributed by atoms with van der Waals surface area (Å²) in [4.78, 5) is 22.0. The Bertz CT molecular complexity index is 452. The van der Waals surface area contributed by atoms with Crippen LogP contribution in [0.3, 0.4) is 0 Å². The van der Waals surface area contributed by atoms with Crippen LogP contribution in [0, 0.1) is 11.6 Å². The summed E-state index contributed by atoms with van der Waals surface area (Å²) in [7, 11) is 0. The normalized spacial score (nSPS) is 9.94. The van der Waals surface area contributed by atoms with E-state index in [4.69, 9.17) is 5.73 Å². The third-order valence-corrected chi connectivity index (χ3v) is 2.11. The van der Waals surface area contributed by atoms with E-state index in [1.54, 1.807) is 0 Å². The van der Waals surface area contributed by atoms with E-state index in [9.17, 15) is 18.4 Å². The van der Waals surface area contributed by atoms with Crippen LogP contribution in [0.4, 0.5) is 8.78 Å². The molecular formula is C11H13F2N3O2. The van der Waals surface area contributed by atoms with Crippen molar-refractivity contribution in [2.75, 3.05) is 13.1 Å². The number of nitrogens with one attached hydrogen (secondary N) is 2. The van der Waals surface area contributed by atoms with Gasteiger partial charge in [0.2, 0.25) is 11.8 Å². The summed E-state index contributed by atoms with van der Waals surface area (Å²) in [5.74, 6) is -2.81. The number of nitrogens with two attached hydrogens (primary N) is 1. The molecule has 4 N–H and O–H groups in total. The first-order valence-corrected chi connectivity index (χ1v) is 5.20. The van der Waals surface area contributed by atoms with E-state index >= 15 is 0 Å². The monoisotopic (exact) mass is 257 g/mol. The van der Waals surface area contributed by atoms with Crippen LogP contribution in [0.15, 0.2) is 18.2 Å². The van der Waals surface area contributed by atoms with Crippen molar-refractivity contribution < 1.29 is 18.4 Å². The maximum Gasteiger partial charge on any atom is 0.239 e. The number of hydrogen-bond donors (Lipinski definition) is 3. The predicted molar refractivity (Wildman–Crippen MR) is 60.3 cm³/mol. The second-order valence-corrected chi connectivity index (χ2v) is 3.51. The highest BCUT2D eigenvalue weighted by Gasteiger charge is 2.05. The van der Waals surface area contributed by atoms with E-state index in [2.05, 4.69) is 10.6 Å². The third kappa shape index (κ3) is 4.46. The molecule has 0 saturated heterocycles. The first-order chi connectivity index (χ1) is 8.52. The van der Waals surface area contributed by atoms with Crippen molar-refractivity contribution in [3.63, 3.8) is 0 Å². The highest BCUT2D eigenvalue weighted by molar-refractivity contribution is 5.85. The van der Waals surface area contributed by atoms with Crippen LogP contribution in [0.2, 0.25) is 0 Å². The van der Waals surface area contributed by atoms with E-state index in [-0.39, 0.29) is 19.6 Å². The molecule has 0 aromatic heterocycles. The molecule has 7 heteroatoms. The Morgan fingerprint density at radius 1 is 1.11 bits per heavy atom. The Morgan fingerprint density at radius 2 is 1.83 bits per heavy atom. The Kier molecular flexibility index (Phi) is 5.19. The fourth-order valence-corrected chi connectivity index (χ4v) is 1.16. The molecule has 0 radical (unpaired) electrons. The molecule has 18 heavy (non-hydrogen) atoms. The number of rotatable bonds is 5. The highest BCUT2D eigenvalue weighted by atomic mass is 19.2. The molecule has 0 aliphatic heterocycles. The molecule has 0 spiro atoms. The van der Waals surface area contributed by atoms with Gasteiger partial charge in [0.05, 0.1) is 13.1 Å². The molecule has 0 aliphatic carbocycles. The summed E-state index contributed by atoms with van der Waals surface area (Å²) in [5.41, 5.74) is 5.46. The van der Waals surface area contributed by atoms with E-state index < -0.39 is 23.4 Å². The average molecular weight is 257 g/mol. The zero-order valence-electron chi connectivity index (χ0n) is 9.50. The topological polar surface area (TPSA) is 84.2 Å². The molecule has 0 unspecified atom stereocenters. The molecule has 1 rings (SSSR count). The Hall–Kier alpha value is -2.02. The average Bonchev–Trinajstić information content (AvgIpc) is 2.37. The summed E-state index contributed by atoms with van der Waals surface area (Å²) in [6.45, 7) is -0.356. The molecule has 1 aromatic rings. The lowest BCUT2D eigenvalue weighted by Crippen LogP contribution is -2.39. The Labute approximate surface area is 102 Å². The van der Waals surface area contributed by atoms with Gasteiger partial charge in [-0.3, -0.25) is 9.59 Å². The maximum atomic E-state index is 12.8. The molecule has 2 amide bonds. The highest BCUT2D eigenvalue weighted by Crippen LogP contribution is 2.08. The number of halogens is 2. The fraction of sp³-hybridized carbons (Fsp3) is 0.273. The van der Waals surface area contributed by atoms with Gasteiger partial charge in [0.15, 0.2) is 11.6 Å². The first kappa shape index (κ1) is 14.0. The van der Waals surface area contributed by atoms with Crippen molar-refractivity contribution in [3.05, 3.63) is 35.4 Å². The largest absolute Gasteiger partial charge is 0.350 e. The summed E-state index contributed by atoms with van der Waals surface area (Å²) < 4.78 is 25.5. The summed E-state index contributed by atoms with van der Waals surface area (Å²) in [5, 5.41) is 4.72. The van der Waals surface area contributed by atoms with Crippen LogP contribution in [-0.2, 0) is 16.1 Å². The number of benzene rings is 1. The van der Waals surface area contributed by atoms with Gasteiger partial charge in [0, 0.05) is 6.54 Å². The van der Waals surface area contributed by atoms with Gasteiger partial charge in [-0.15, -0.1) is 0 Å². The van der Waals surface area contributed by atoms with Gasteiger partial charge in [0.25, 0.3) is 0 Å². The lowest BCUT2D eigenvalue weighted by Gasteiger charge is -2.06. The minimum atomic E-state index is -0.974. The van der Waals surface area contributed by atoms with Crippen molar-refractivity contribution in [1.82, 2.24) is 10.6 Å². The van der Waals surface area contributed by atoms with Crippen LogP contribution in [0.1, 0.15) is 5.56 Å². The lowest BCUT2D eigenvalue weighted by molar-refractivity contribution is -0.125. The molecule has 0 fully saturated rings. The molecular weight excluding hydrogens is 244 g/mol. The van der Waals surface area contributed by atoms with Gasteiger partial charge in [-0.2, -0.15) is 0 Å². The molecule has 5 nitrogen and oxygen atoms in total. The van der Waals surface area contributed by atoms with Gasteiger partial charge in [-0.05, 0) is 17.7 Å². The fourth-order valence-electron chi connectivity index (χ4n) is 1.16. The van der Waals surface area contributed by atoms with Crippen molar-refractivity contribution in [1.29, 1.82) is 0 Å². The predicted octanol–water partition coefficient (Wildman–Crippen LogP) is -0.344. The van der Waals surface area contributed by atoms with E-state index in [1.807, 2.05) is 0 Å². The number of carbonyl (C=O) groups is 2. The number of amides is 2. The van der Waals surface area contributed by atoms with Crippen molar-refractivity contribution in [3.8, 4) is 0 Å². The maximum absolute atomic E-state index is 12.8. The third-order valence-electron chi connectivity index (χ3n) is 2.11. The lowest BCUT2D eigenvalue weighted by atomic mass is 10.2. The summed E-state index contributed by atoms with van der Waals surface area (Å²) in [6, 6.07) is 3.33. The zero-order valence-corrected chi connectivity index (χ0v) is 9.50. The van der Waals surface area contributed by atoms with Crippen LogP contribution in [0.5, 0.6) is 0 Å². The second kappa shape index (κ2) is 6.65. The second-order valence-electron chi connectivity index (χ2n) is 3.51. The number of carbonyl (C=O) groups excluding carboxylic acids is 2. The first-order valence-electron chi connectivity index (χ1n) is 5.20. The van der Waals surface area contributed by atoms with Gasteiger partial charge in [-0.25, -0.2) is 8.78 Å². The van der Waals surface area contributed by atoms with Gasteiger partial charge in [-0.1, -0.05) is 6.07 Å². The number of hydrogen-bond acceptors (Lipinski definition) is 3. The quantitative estimate of drug-likeness (QED) is 0.674. The standard InChI is InChI=1S/C11H13F2N3O2/c12-8-2-1-7(3-9(8)13)5-15-11(18)6-16-10(17)4-14/h1-3H,4-6,14H2,(H,15,18)(H,16,17). The van der Waals surface area contributed by atoms with Gasteiger partial charge in [0.1, 0.15) is 0 Å². The smallest absolute Gasteiger partial charge is 0.239 e. The molecule has 0 saturated carbocycles. The van der Waals surface area contributed by atoms with E-state index in [0.29, 0.717) is 5.56 Å².